The molecular weight excluding hydrogens is 568 g/mol. The minimum Gasteiger partial charge on any atom is -0.478 e. The fourth-order valence-electron chi connectivity index (χ4n) is 5.56. The molecule has 43 heavy (non-hydrogen) atoms. The van der Waals surface area contributed by atoms with E-state index in [1.165, 1.54) is 12.2 Å². The Labute approximate surface area is 261 Å². The van der Waals surface area contributed by atoms with Gasteiger partial charge in [-0.3, -0.25) is 0 Å². The molecule has 8 nitrogen and oxygen atoms in total. The number of carbonyl (C=O) groups is 2. The highest BCUT2D eigenvalue weighted by molar-refractivity contribution is 7.98. The molecule has 0 radical (unpaired) electrons. The highest BCUT2D eigenvalue weighted by atomic mass is 32.2. The maximum Gasteiger partial charge on any atom is 0.328 e. The number of unbranched alkanes of at least 4 members (excludes halogenated alkanes) is 1. The number of aliphatic hydroxyl groups excluding tert-OH is 1. The normalized spacial score (nSPS) is 30.4. The third-order valence-electron chi connectivity index (χ3n) is 8.38. The monoisotopic (exact) mass is 620 g/mol. The van der Waals surface area contributed by atoms with Crippen molar-refractivity contribution in [3.05, 3.63) is 59.8 Å². The lowest BCUT2D eigenvalue weighted by Gasteiger charge is -2.53. The number of thioether (sulfide) groups is 1. The van der Waals surface area contributed by atoms with E-state index >= 15 is 0 Å². The summed E-state index contributed by atoms with van der Waals surface area (Å²) in [7, 11) is 0. The number of hydrogen-bond donors (Lipinski definition) is 3. The molecular formula is C34H52O8S. The van der Waals surface area contributed by atoms with Crippen molar-refractivity contribution in [1.29, 1.82) is 0 Å². The van der Waals surface area contributed by atoms with Crippen LogP contribution >= 0.6 is 11.8 Å². The van der Waals surface area contributed by atoms with Gasteiger partial charge in [-0.25, -0.2) is 9.59 Å². The van der Waals surface area contributed by atoms with Crippen LogP contribution in [0, 0.1) is 11.8 Å². The van der Waals surface area contributed by atoms with Gasteiger partial charge in [0, 0.05) is 30.9 Å². The fraction of sp³-hybridized carbons (Fsp3) is 0.647. The number of hydrogen-bond acceptors (Lipinski definition) is 7. The van der Waals surface area contributed by atoms with Crippen LogP contribution in [-0.2, 0) is 23.8 Å². The maximum absolute atomic E-state index is 11.2. The molecule has 3 N–H and O–H groups in total. The number of carboxylic acids is 2. The lowest BCUT2D eigenvalue weighted by molar-refractivity contribution is -0.346. The van der Waals surface area contributed by atoms with E-state index < -0.39 is 29.4 Å². The van der Waals surface area contributed by atoms with Gasteiger partial charge in [-0.2, -0.15) is 0 Å². The molecule has 1 spiro atoms. The van der Waals surface area contributed by atoms with E-state index in [9.17, 15) is 19.8 Å². The molecule has 242 valence electrons. The van der Waals surface area contributed by atoms with E-state index in [4.69, 9.17) is 19.3 Å². The molecule has 0 aliphatic carbocycles. The second-order valence-electron chi connectivity index (χ2n) is 12.0. The summed E-state index contributed by atoms with van der Waals surface area (Å²) in [4.78, 5) is 22.0. The van der Waals surface area contributed by atoms with Gasteiger partial charge in [0.05, 0.1) is 23.7 Å². The summed E-state index contributed by atoms with van der Waals surface area (Å²) in [5.74, 6) is -2.19. The highest BCUT2D eigenvalue weighted by Gasteiger charge is 2.53. The first-order chi connectivity index (χ1) is 20.3. The smallest absolute Gasteiger partial charge is 0.328 e. The van der Waals surface area contributed by atoms with Crippen LogP contribution in [0.3, 0.4) is 0 Å². The van der Waals surface area contributed by atoms with E-state index in [1.807, 2.05) is 31.4 Å². The second kappa shape index (κ2) is 18.0. The number of aliphatic carboxylic acids is 2. The number of aliphatic hydroxyl groups is 1. The third kappa shape index (κ3) is 12.0. The summed E-state index contributed by atoms with van der Waals surface area (Å²) < 4.78 is 20.2. The number of carboxylic acid groups (broad SMARTS) is 2. The average Bonchev–Trinajstić information content (AvgIpc) is 2.96. The standard InChI is InChI=1S/C34H52O8S/c1-7-8-18-33(40-23-43-6)20-21-34(42-30(33)15-11-25(3)22-32(38)39)19-17-27(5)29(41-34)14-10-24(2)9-13-28(35)26(4)12-16-31(36)37/h9-13,15-16,22,26-30,35H,7-8,14,17-21,23H2,1-6H3,(H,36,37)(H,38,39)/t26-,27-,28-,29+,30-,33+,34-/m0/s1. The summed E-state index contributed by atoms with van der Waals surface area (Å²) in [5, 5.41) is 28.3. The van der Waals surface area contributed by atoms with Crippen LogP contribution in [-0.4, -0.2) is 69.2 Å². The van der Waals surface area contributed by atoms with Crippen LogP contribution in [0.4, 0.5) is 0 Å². The van der Waals surface area contributed by atoms with Crippen molar-refractivity contribution >= 4 is 23.7 Å². The molecule has 0 amide bonds. The molecule has 7 atom stereocenters. The van der Waals surface area contributed by atoms with E-state index in [0.29, 0.717) is 23.9 Å². The van der Waals surface area contributed by atoms with E-state index in [1.54, 1.807) is 31.7 Å². The third-order valence-corrected chi connectivity index (χ3v) is 8.74. The molecule has 2 saturated heterocycles. The van der Waals surface area contributed by atoms with Crippen LogP contribution < -0.4 is 0 Å². The lowest BCUT2D eigenvalue weighted by Crippen LogP contribution is -2.59. The minimum absolute atomic E-state index is 0.0482. The van der Waals surface area contributed by atoms with Crippen LogP contribution in [0.5, 0.6) is 0 Å². The van der Waals surface area contributed by atoms with Crippen molar-refractivity contribution in [3.63, 3.8) is 0 Å². The van der Waals surface area contributed by atoms with Gasteiger partial charge in [0.25, 0.3) is 0 Å². The van der Waals surface area contributed by atoms with E-state index in [-0.39, 0.29) is 18.1 Å². The summed E-state index contributed by atoms with van der Waals surface area (Å²) in [6.45, 7) is 9.87. The summed E-state index contributed by atoms with van der Waals surface area (Å²) in [6.07, 6.45) is 20.8. The molecule has 0 aromatic heterocycles. The number of ether oxygens (including phenoxy) is 3. The Bertz CT molecular complexity index is 1050. The molecule has 2 aliphatic rings. The van der Waals surface area contributed by atoms with Gasteiger partial charge in [-0.15, -0.1) is 11.8 Å². The zero-order chi connectivity index (χ0) is 32.0. The summed E-state index contributed by atoms with van der Waals surface area (Å²) in [6, 6.07) is 0. The molecule has 0 bridgehead atoms. The van der Waals surface area contributed by atoms with Gasteiger partial charge in [0.2, 0.25) is 0 Å². The maximum atomic E-state index is 11.2. The Morgan fingerprint density at radius 3 is 2.44 bits per heavy atom. The Hall–Kier alpha value is -2.17. The SMILES string of the molecule is CCCC[C@@]1(OCSC)CC[C@]2(CC[C@H](C)[C@@H](CC=C(C)C=C[C@H](O)[C@@H](C)C=CC(=O)O)O2)O[C@H]1C=CC(C)=CC(=O)O. The van der Waals surface area contributed by atoms with Crippen LogP contribution in [0.15, 0.2) is 59.8 Å². The topological polar surface area (TPSA) is 123 Å². The van der Waals surface area contributed by atoms with Gasteiger partial charge in [0.15, 0.2) is 5.79 Å². The molecule has 2 rings (SSSR count). The van der Waals surface area contributed by atoms with Crippen molar-refractivity contribution in [3.8, 4) is 0 Å². The molecule has 0 unspecified atom stereocenters. The quantitative estimate of drug-likeness (QED) is 0.0945. The molecule has 2 heterocycles. The molecule has 2 fully saturated rings. The van der Waals surface area contributed by atoms with Crippen LogP contribution in [0.2, 0.25) is 0 Å². The van der Waals surface area contributed by atoms with Gasteiger partial charge in [-0.05, 0) is 57.3 Å². The van der Waals surface area contributed by atoms with Crippen molar-refractivity contribution in [2.24, 2.45) is 11.8 Å². The number of allylic oxidation sites excluding steroid dienone is 4. The van der Waals surface area contributed by atoms with Crippen molar-refractivity contribution in [1.82, 2.24) is 0 Å². The molecule has 0 saturated carbocycles. The zero-order valence-electron chi connectivity index (χ0n) is 26.7. The Morgan fingerprint density at radius 2 is 1.79 bits per heavy atom. The zero-order valence-corrected chi connectivity index (χ0v) is 27.5. The second-order valence-corrected chi connectivity index (χ2v) is 12.8. The van der Waals surface area contributed by atoms with Gasteiger partial charge in [-0.1, -0.05) is 75.6 Å². The van der Waals surface area contributed by atoms with E-state index in [0.717, 1.165) is 56.6 Å². The molecule has 2 aliphatic heterocycles. The van der Waals surface area contributed by atoms with Crippen LogP contribution in [0.25, 0.3) is 0 Å². The largest absolute Gasteiger partial charge is 0.478 e. The summed E-state index contributed by atoms with van der Waals surface area (Å²) >= 11 is 1.63. The predicted molar refractivity (Wildman–Crippen MR) is 172 cm³/mol. The van der Waals surface area contributed by atoms with Gasteiger partial charge in [0.1, 0.15) is 6.10 Å². The average molecular weight is 621 g/mol. The van der Waals surface area contributed by atoms with Gasteiger partial charge >= 0.3 is 11.9 Å². The predicted octanol–water partition coefficient (Wildman–Crippen LogP) is 7.06. The lowest BCUT2D eigenvalue weighted by atomic mass is 9.78. The van der Waals surface area contributed by atoms with Gasteiger partial charge < -0.3 is 29.5 Å². The van der Waals surface area contributed by atoms with Crippen LogP contribution in [0.1, 0.15) is 86.0 Å². The Kier molecular flexibility index (Phi) is 15.5. The number of rotatable bonds is 16. The van der Waals surface area contributed by atoms with Crippen molar-refractivity contribution < 1.29 is 39.1 Å². The van der Waals surface area contributed by atoms with Crippen molar-refractivity contribution in [2.45, 2.75) is 116 Å². The molecule has 9 heteroatoms. The Morgan fingerprint density at radius 1 is 1.05 bits per heavy atom. The summed E-state index contributed by atoms with van der Waals surface area (Å²) in [5.41, 5.74) is 1.11. The Balaban J connectivity index is 2.23. The molecule has 0 aromatic carbocycles. The van der Waals surface area contributed by atoms with E-state index in [2.05, 4.69) is 19.9 Å². The minimum atomic E-state index is -1.04. The first-order valence-corrected chi connectivity index (χ1v) is 16.8. The molecule has 0 aromatic rings. The highest BCUT2D eigenvalue weighted by Crippen LogP contribution is 2.48. The first kappa shape index (κ1) is 37.0. The van der Waals surface area contributed by atoms with Crippen molar-refractivity contribution in [2.75, 3.05) is 12.2 Å². The first-order valence-electron chi connectivity index (χ1n) is 15.4. The fourth-order valence-corrected chi connectivity index (χ4v) is 5.92.